The van der Waals surface area contributed by atoms with Crippen LogP contribution in [0.3, 0.4) is 0 Å². The van der Waals surface area contributed by atoms with Crippen molar-refractivity contribution in [2.45, 2.75) is 4.90 Å². The molecule has 0 bridgehead atoms. The van der Waals surface area contributed by atoms with Gasteiger partial charge in [0.25, 0.3) is 11.8 Å². The first-order valence-corrected chi connectivity index (χ1v) is 12.8. The second-order valence-electron chi connectivity index (χ2n) is 8.19. The third-order valence-corrected chi connectivity index (χ3v) is 6.38. The lowest BCUT2D eigenvalue weighted by Gasteiger charge is -2.12. The van der Waals surface area contributed by atoms with Crippen molar-refractivity contribution >= 4 is 46.9 Å². The molecule has 0 saturated heterocycles. The molecule has 0 aliphatic carbocycles. The normalized spacial score (nSPS) is 11.0. The third-order valence-electron chi connectivity index (χ3n) is 5.36. The molecule has 196 valence electrons. The van der Waals surface area contributed by atoms with Gasteiger partial charge in [-0.05, 0) is 60.7 Å². The number of amides is 3. The topological polar surface area (TPSA) is 87.3 Å². The van der Waals surface area contributed by atoms with Gasteiger partial charge < -0.3 is 16.0 Å². The van der Waals surface area contributed by atoms with Crippen molar-refractivity contribution in [3.8, 4) is 0 Å². The summed E-state index contributed by atoms with van der Waals surface area (Å²) in [5.74, 6) is -2.53. The molecular formula is C30H23F2N3O3S. The van der Waals surface area contributed by atoms with E-state index in [1.807, 2.05) is 0 Å². The predicted octanol–water partition coefficient (Wildman–Crippen LogP) is 6.11. The Balaban J connectivity index is 1.41. The fourth-order valence-corrected chi connectivity index (χ4v) is 4.12. The standard InChI is InChI=1S/C30H23F2N3O3S/c31-24-11-5-4-10-21(24)18-27(35-29(37)20-8-2-1-3-9-20)30(38)33-22-14-16-23(17-15-22)39-19-28(36)34-26-13-7-6-12-25(26)32/h1-18H,19H2,(H,33,38)(H,34,36)(H,35,37)/b27-18-. The number of hydrogen-bond donors (Lipinski definition) is 3. The van der Waals surface area contributed by atoms with Gasteiger partial charge in [0.15, 0.2) is 0 Å². The summed E-state index contributed by atoms with van der Waals surface area (Å²) in [6.07, 6.45) is 1.27. The molecular weight excluding hydrogens is 520 g/mol. The lowest BCUT2D eigenvalue weighted by Crippen LogP contribution is -2.30. The van der Waals surface area contributed by atoms with Crippen LogP contribution in [0.25, 0.3) is 6.08 Å². The van der Waals surface area contributed by atoms with E-state index in [2.05, 4.69) is 16.0 Å². The highest BCUT2D eigenvalue weighted by molar-refractivity contribution is 8.00. The van der Waals surface area contributed by atoms with Gasteiger partial charge in [-0.25, -0.2) is 8.78 Å². The van der Waals surface area contributed by atoms with E-state index in [-0.39, 0.29) is 28.6 Å². The number of carbonyl (C=O) groups is 3. The number of benzene rings is 4. The van der Waals surface area contributed by atoms with E-state index in [9.17, 15) is 23.2 Å². The molecule has 4 aromatic carbocycles. The van der Waals surface area contributed by atoms with Crippen LogP contribution >= 0.6 is 11.8 Å². The SMILES string of the molecule is O=C(CSc1ccc(NC(=O)/C(=C/c2ccccc2F)NC(=O)c2ccccc2)cc1)Nc1ccccc1F. The molecule has 3 N–H and O–H groups in total. The van der Waals surface area contributed by atoms with Crippen molar-refractivity contribution in [3.63, 3.8) is 0 Å². The summed E-state index contributed by atoms with van der Waals surface area (Å²) in [6, 6.07) is 26.8. The minimum atomic E-state index is -0.646. The molecule has 0 aliphatic rings. The van der Waals surface area contributed by atoms with Crippen LogP contribution in [0.2, 0.25) is 0 Å². The number of carbonyl (C=O) groups excluding carboxylic acids is 3. The van der Waals surface area contributed by atoms with E-state index in [0.29, 0.717) is 11.3 Å². The van der Waals surface area contributed by atoms with Crippen molar-refractivity contribution in [2.75, 3.05) is 16.4 Å². The number of hydrogen-bond acceptors (Lipinski definition) is 4. The van der Waals surface area contributed by atoms with E-state index >= 15 is 0 Å². The van der Waals surface area contributed by atoms with Gasteiger partial charge in [0, 0.05) is 21.7 Å². The number of nitrogens with one attached hydrogen (secondary N) is 3. The Hall–Kier alpha value is -4.76. The fraction of sp³-hybridized carbons (Fsp3) is 0.0333. The lowest BCUT2D eigenvalue weighted by atomic mass is 10.1. The smallest absolute Gasteiger partial charge is 0.272 e. The molecule has 9 heteroatoms. The van der Waals surface area contributed by atoms with E-state index in [0.717, 1.165) is 4.90 Å². The Morgan fingerprint density at radius 3 is 2.05 bits per heavy atom. The summed E-state index contributed by atoms with van der Waals surface area (Å²) < 4.78 is 28.0. The number of rotatable bonds is 9. The molecule has 4 rings (SSSR count). The highest BCUT2D eigenvalue weighted by atomic mass is 32.2. The van der Waals surface area contributed by atoms with Crippen LogP contribution in [0.5, 0.6) is 0 Å². The molecule has 0 saturated carbocycles. The molecule has 0 aromatic heterocycles. The highest BCUT2D eigenvalue weighted by Crippen LogP contribution is 2.22. The van der Waals surface area contributed by atoms with Crippen molar-refractivity contribution in [1.82, 2.24) is 5.32 Å². The largest absolute Gasteiger partial charge is 0.323 e. The zero-order chi connectivity index (χ0) is 27.6. The lowest BCUT2D eigenvalue weighted by molar-refractivity contribution is -0.114. The van der Waals surface area contributed by atoms with Crippen LogP contribution in [-0.4, -0.2) is 23.5 Å². The molecule has 0 radical (unpaired) electrons. The zero-order valence-electron chi connectivity index (χ0n) is 20.5. The fourth-order valence-electron chi connectivity index (χ4n) is 3.42. The average molecular weight is 544 g/mol. The molecule has 0 spiro atoms. The summed E-state index contributed by atoms with van der Waals surface area (Å²) in [5, 5.41) is 7.78. The van der Waals surface area contributed by atoms with Crippen molar-refractivity contribution in [3.05, 3.63) is 132 Å². The van der Waals surface area contributed by atoms with Gasteiger partial charge >= 0.3 is 0 Å². The van der Waals surface area contributed by atoms with E-state index in [1.165, 1.54) is 54.2 Å². The van der Waals surface area contributed by atoms with Gasteiger partial charge in [-0.15, -0.1) is 11.8 Å². The van der Waals surface area contributed by atoms with Gasteiger partial charge in [-0.1, -0.05) is 48.5 Å². The third kappa shape index (κ3) is 7.86. The molecule has 0 fully saturated rings. The van der Waals surface area contributed by atoms with Crippen LogP contribution in [-0.2, 0) is 9.59 Å². The predicted molar refractivity (Wildman–Crippen MR) is 149 cm³/mol. The molecule has 6 nitrogen and oxygen atoms in total. The Bertz CT molecular complexity index is 1510. The van der Waals surface area contributed by atoms with Crippen molar-refractivity contribution in [1.29, 1.82) is 0 Å². The van der Waals surface area contributed by atoms with Crippen LogP contribution in [0.1, 0.15) is 15.9 Å². The van der Waals surface area contributed by atoms with Crippen LogP contribution in [0, 0.1) is 11.6 Å². The van der Waals surface area contributed by atoms with E-state index in [4.69, 9.17) is 0 Å². The molecule has 0 heterocycles. The first-order valence-electron chi connectivity index (χ1n) is 11.8. The second kappa shape index (κ2) is 13.2. The summed E-state index contributed by atoms with van der Waals surface area (Å²) >= 11 is 1.24. The molecule has 3 amide bonds. The van der Waals surface area contributed by atoms with E-state index < -0.39 is 23.4 Å². The minimum absolute atomic E-state index is 0.0566. The number of halogens is 2. The summed E-state index contributed by atoms with van der Waals surface area (Å²) in [5.41, 5.74) is 0.868. The van der Waals surface area contributed by atoms with E-state index in [1.54, 1.807) is 66.7 Å². The van der Waals surface area contributed by atoms with Gasteiger partial charge in [0.1, 0.15) is 17.3 Å². The Morgan fingerprint density at radius 2 is 1.36 bits per heavy atom. The summed E-state index contributed by atoms with van der Waals surface area (Å²) in [4.78, 5) is 38.7. The molecule has 0 aliphatic heterocycles. The van der Waals surface area contributed by atoms with Gasteiger partial charge in [0.05, 0.1) is 11.4 Å². The Morgan fingerprint density at radius 1 is 0.718 bits per heavy atom. The highest BCUT2D eigenvalue weighted by Gasteiger charge is 2.16. The molecule has 4 aromatic rings. The van der Waals surface area contributed by atoms with Gasteiger partial charge in [-0.2, -0.15) is 0 Å². The number of para-hydroxylation sites is 1. The summed E-state index contributed by atoms with van der Waals surface area (Å²) in [6.45, 7) is 0. The first-order chi connectivity index (χ1) is 18.9. The molecule has 0 atom stereocenters. The maximum atomic E-state index is 14.3. The average Bonchev–Trinajstić information content (AvgIpc) is 2.95. The Labute approximate surface area is 228 Å². The summed E-state index contributed by atoms with van der Waals surface area (Å²) in [7, 11) is 0. The van der Waals surface area contributed by atoms with Crippen molar-refractivity contribution in [2.24, 2.45) is 0 Å². The monoisotopic (exact) mass is 543 g/mol. The van der Waals surface area contributed by atoms with Crippen LogP contribution in [0.15, 0.2) is 114 Å². The zero-order valence-corrected chi connectivity index (χ0v) is 21.3. The Kier molecular flexibility index (Phi) is 9.20. The van der Waals surface area contributed by atoms with Gasteiger partial charge in [-0.3, -0.25) is 14.4 Å². The number of anilines is 2. The molecule has 0 unspecified atom stereocenters. The van der Waals surface area contributed by atoms with Crippen LogP contribution in [0.4, 0.5) is 20.2 Å². The second-order valence-corrected chi connectivity index (χ2v) is 9.24. The minimum Gasteiger partial charge on any atom is -0.323 e. The van der Waals surface area contributed by atoms with Crippen LogP contribution < -0.4 is 16.0 Å². The first kappa shape index (κ1) is 27.3. The molecule has 39 heavy (non-hydrogen) atoms. The quantitative estimate of drug-likeness (QED) is 0.176. The van der Waals surface area contributed by atoms with Crippen molar-refractivity contribution < 1.29 is 23.2 Å². The maximum absolute atomic E-state index is 14.3. The van der Waals surface area contributed by atoms with Gasteiger partial charge in [0.2, 0.25) is 5.91 Å². The maximum Gasteiger partial charge on any atom is 0.272 e. The number of thioether (sulfide) groups is 1.